The molecule has 1 aromatic heterocycles. The first-order valence-electron chi connectivity index (χ1n) is 7.58. The van der Waals surface area contributed by atoms with Gasteiger partial charge in [0.25, 0.3) is 5.91 Å². The summed E-state index contributed by atoms with van der Waals surface area (Å²) in [6.07, 6.45) is 1.58. The van der Waals surface area contributed by atoms with Gasteiger partial charge in [-0.1, -0.05) is 35.3 Å². The lowest BCUT2D eigenvalue weighted by Crippen LogP contribution is -2.14. The molecule has 134 valence electrons. The maximum absolute atomic E-state index is 13.0. The second-order valence-electron chi connectivity index (χ2n) is 5.45. The van der Waals surface area contributed by atoms with Gasteiger partial charge in [-0.3, -0.25) is 9.48 Å². The molecule has 1 heterocycles. The van der Waals surface area contributed by atoms with Crippen molar-refractivity contribution in [2.75, 3.05) is 12.4 Å². The van der Waals surface area contributed by atoms with Crippen molar-refractivity contribution < 1.29 is 13.9 Å². The third kappa shape index (κ3) is 4.15. The molecule has 0 aliphatic heterocycles. The number of carbonyl (C=O) groups excluding carboxylic acids is 1. The van der Waals surface area contributed by atoms with E-state index in [0.717, 1.165) is 5.56 Å². The summed E-state index contributed by atoms with van der Waals surface area (Å²) in [5.41, 5.74) is 1.11. The minimum atomic E-state index is -0.446. The number of carbonyl (C=O) groups is 1. The van der Waals surface area contributed by atoms with Crippen LogP contribution in [0.2, 0.25) is 10.0 Å². The van der Waals surface area contributed by atoms with Gasteiger partial charge >= 0.3 is 0 Å². The molecule has 0 saturated heterocycles. The van der Waals surface area contributed by atoms with Crippen LogP contribution < -0.4 is 10.1 Å². The number of anilines is 1. The van der Waals surface area contributed by atoms with Gasteiger partial charge in [-0.2, -0.15) is 5.10 Å². The van der Waals surface area contributed by atoms with E-state index in [1.165, 1.54) is 25.3 Å². The van der Waals surface area contributed by atoms with Crippen LogP contribution in [0.4, 0.5) is 10.2 Å². The first kappa shape index (κ1) is 18.2. The van der Waals surface area contributed by atoms with E-state index in [2.05, 4.69) is 10.4 Å². The maximum atomic E-state index is 13.0. The van der Waals surface area contributed by atoms with Gasteiger partial charge in [0, 0.05) is 11.2 Å². The number of amides is 1. The van der Waals surface area contributed by atoms with E-state index in [0.29, 0.717) is 17.3 Å². The Morgan fingerprint density at radius 1 is 1.23 bits per heavy atom. The number of ether oxygens (including phenoxy) is 1. The normalized spacial score (nSPS) is 10.6. The average Bonchev–Trinajstić information content (AvgIpc) is 2.96. The van der Waals surface area contributed by atoms with Crippen molar-refractivity contribution in [3.05, 3.63) is 75.7 Å². The van der Waals surface area contributed by atoms with E-state index in [9.17, 15) is 9.18 Å². The fraction of sp³-hybridized carbons (Fsp3) is 0.111. The first-order chi connectivity index (χ1) is 12.5. The summed E-state index contributed by atoms with van der Waals surface area (Å²) in [7, 11) is 1.46. The van der Waals surface area contributed by atoms with Crippen molar-refractivity contribution in [3.63, 3.8) is 0 Å². The van der Waals surface area contributed by atoms with Gasteiger partial charge in [0.1, 0.15) is 16.6 Å². The molecule has 0 fully saturated rings. The number of nitrogens with one attached hydrogen (secondary N) is 1. The topological polar surface area (TPSA) is 56.1 Å². The number of methoxy groups -OCH3 is 1. The SMILES string of the molecule is COc1ccc(Cl)cc1C(=O)Nc1nn(Cc2ccc(F)cc2)cc1Cl. The summed E-state index contributed by atoms with van der Waals surface area (Å²) >= 11 is 12.1. The molecule has 0 aliphatic carbocycles. The number of hydrogen-bond acceptors (Lipinski definition) is 3. The molecular weight excluding hydrogens is 380 g/mol. The second kappa shape index (κ2) is 7.76. The lowest BCUT2D eigenvalue weighted by Gasteiger charge is -2.08. The summed E-state index contributed by atoms with van der Waals surface area (Å²) in [4.78, 5) is 12.5. The Balaban J connectivity index is 1.78. The molecular formula is C18H14Cl2FN3O2. The highest BCUT2D eigenvalue weighted by atomic mass is 35.5. The van der Waals surface area contributed by atoms with E-state index in [-0.39, 0.29) is 22.2 Å². The van der Waals surface area contributed by atoms with E-state index < -0.39 is 5.91 Å². The van der Waals surface area contributed by atoms with Crippen molar-refractivity contribution in [2.45, 2.75) is 6.54 Å². The van der Waals surface area contributed by atoms with Crippen LogP contribution in [0, 0.1) is 5.82 Å². The number of halogens is 3. The van der Waals surface area contributed by atoms with Crippen LogP contribution in [0.3, 0.4) is 0 Å². The Hall–Kier alpha value is -2.57. The first-order valence-corrected chi connectivity index (χ1v) is 8.34. The quantitative estimate of drug-likeness (QED) is 0.686. The summed E-state index contributed by atoms with van der Waals surface area (Å²) in [5, 5.41) is 7.58. The summed E-state index contributed by atoms with van der Waals surface area (Å²) < 4.78 is 19.7. The lowest BCUT2D eigenvalue weighted by atomic mass is 10.2. The Labute approximate surface area is 159 Å². The van der Waals surface area contributed by atoms with Crippen LogP contribution >= 0.6 is 23.2 Å². The molecule has 2 aromatic carbocycles. The third-order valence-electron chi connectivity index (χ3n) is 3.61. The average molecular weight is 394 g/mol. The standard InChI is InChI=1S/C18H14Cl2FN3O2/c1-26-16-7-4-12(19)8-14(16)18(25)22-17-15(20)10-24(23-17)9-11-2-5-13(21)6-3-11/h2-8,10H,9H2,1H3,(H,22,23,25). The van der Waals surface area contributed by atoms with Crippen LogP contribution in [0.1, 0.15) is 15.9 Å². The van der Waals surface area contributed by atoms with Crippen LogP contribution in [0.25, 0.3) is 0 Å². The molecule has 5 nitrogen and oxygen atoms in total. The Morgan fingerprint density at radius 2 is 1.96 bits per heavy atom. The molecule has 26 heavy (non-hydrogen) atoms. The molecule has 0 radical (unpaired) electrons. The molecule has 3 aromatic rings. The van der Waals surface area contributed by atoms with Gasteiger partial charge in [-0.15, -0.1) is 0 Å². The zero-order valence-corrected chi connectivity index (χ0v) is 15.2. The Bertz CT molecular complexity index is 942. The van der Waals surface area contributed by atoms with Crippen molar-refractivity contribution in [2.24, 2.45) is 0 Å². The third-order valence-corrected chi connectivity index (χ3v) is 4.12. The Kier molecular flexibility index (Phi) is 5.44. The van der Waals surface area contributed by atoms with Gasteiger partial charge in [0.15, 0.2) is 5.82 Å². The fourth-order valence-electron chi connectivity index (χ4n) is 2.37. The second-order valence-corrected chi connectivity index (χ2v) is 6.29. The van der Waals surface area contributed by atoms with Crippen molar-refractivity contribution >= 4 is 34.9 Å². The fourth-order valence-corrected chi connectivity index (χ4v) is 2.74. The molecule has 0 unspecified atom stereocenters. The van der Waals surface area contributed by atoms with E-state index in [4.69, 9.17) is 27.9 Å². The number of benzene rings is 2. The number of aromatic nitrogens is 2. The van der Waals surface area contributed by atoms with Crippen molar-refractivity contribution in [1.82, 2.24) is 9.78 Å². The zero-order valence-electron chi connectivity index (χ0n) is 13.7. The van der Waals surface area contributed by atoms with Crippen LogP contribution in [0.15, 0.2) is 48.7 Å². The maximum Gasteiger partial charge on any atom is 0.260 e. The molecule has 0 spiro atoms. The molecule has 0 atom stereocenters. The predicted octanol–water partition coefficient (Wildman–Crippen LogP) is 4.64. The van der Waals surface area contributed by atoms with E-state index >= 15 is 0 Å². The molecule has 0 bridgehead atoms. The summed E-state index contributed by atoms with van der Waals surface area (Å²) in [6.45, 7) is 0.385. The molecule has 1 N–H and O–H groups in total. The zero-order chi connectivity index (χ0) is 18.7. The molecule has 3 rings (SSSR count). The summed E-state index contributed by atoms with van der Waals surface area (Å²) in [5.74, 6) is -0.163. The van der Waals surface area contributed by atoms with Gasteiger partial charge < -0.3 is 10.1 Å². The van der Waals surface area contributed by atoms with Gasteiger partial charge in [-0.05, 0) is 35.9 Å². The smallest absolute Gasteiger partial charge is 0.260 e. The van der Waals surface area contributed by atoms with Crippen LogP contribution in [-0.2, 0) is 6.54 Å². The van der Waals surface area contributed by atoms with Gasteiger partial charge in [-0.25, -0.2) is 4.39 Å². The van der Waals surface area contributed by atoms with E-state index in [1.54, 1.807) is 35.1 Å². The highest BCUT2D eigenvalue weighted by Gasteiger charge is 2.16. The molecule has 8 heteroatoms. The van der Waals surface area contributed by atoms with Crippen molar-refractivity contribution in [1.29, 1.82) is 0 Å². The molecule has 1 amide bonds. The largest absolute Gasteiger partial charge is 0.496 e. The van der Waals surface area contributed by atoms with Crippen molar-refractivity contribution in [3.8, 4) is 5.75 Å². The lowest BCUT2D eigenvalue weighted by molar-refractivity contribution is 0.102. The van der Waals surface area contributed by atoms with Gasteiger partial charge in [0.2, 0.25) is 0 Å². The predicted molar refractivity (Wildman–Crippen MR) is 98.7 cm³/mol. The monoisotopic (exact) mass is 393 g/mol. The van der Waals surface area contributed by atoms with Crippen LogP contribution in [-0.4, -0.2) is 22.8 Å². The van der Waals surface area contributed by atoms with E-state index in [1.807, 2.05) is 0 Å². The number of rotatable bonds is 5. The minimum Gasteiger partial charge on any atom is -0.496 e. The highest BCUT2D eigenvalue weighted by Crippen LogP contribution is 2.25. The molecule has 0 saturated carbocycles. The number of hydrogen-bond donors (Lipinski definition) is 1. The van der Waals surface area contributed by atoms with Crippen LogP contribution in [0.5, 0.6) is 5.75 Å². The minimum absolute atomic E-state index is 0.209. The highest BCUT2D eigenvalue weighted by molar-refractivity contribution is 6.33. The van der Waals surface area contributed by atoms with Gasteiger partial charge in [0.05, 0.1) is 19.2 Å². The summed E-state index contributed by atoms with van der Waals surface area (Å²) in [6, 6.07) is 10.8. The molecule has 0 aliphatic rings. The number of nitrogens with zero attached hydrogens (tertiary/aromatic N) is 2. The Morgan fingerprint density at radius 3 is 2.65 bits per heavy atom.